The van der Waals surface area contributed by atoms with Gasteiger partial charge in [0.1, 0.15) is 5.82 Å². The Hall–Kier alpha value is -3.57. The molecule has 0 N–H and O–H groups in total. The van der Waals surface area contributed by atoms with Crippen molar-refractivity contribution in [3.63, 3.8) is 0 Å². The molecule has 0 aromatic heterocycles. The van der Waals surface area contributed by atoms with E-state index in [0.29, 0.717) is 28.4 Å². The zero-order valence-electron chi connectivity index (χ0n) is 77.5. The minimum atomic E-state index is -0.0828. The smallest absolute Gasteiger partial charge is 0.453 e. The summed E-state index contributed by atoms with van der Waals surface area (Å²) in [4.78, 5) is 26.8. The van der Waals surface area contributed by atoms with Crippen molar-refractivity contribution in [3.05, 3.63) is 134 Å². The summed E-state index contributed by atoms with van der Waals surface area (Å²) >= 11 is 4.18. The van der Waals surface area contributed by atoms with Crippen LogP contribution in [0.1, 0.15) is 283 Å². The molecule has 0 spiro atoms. The summed E-state index contributed by atoms with van der Waals surface area (Å²) in [6, 6.07) is 14.9. The molecule has 1 aromatic carbocycles. The molecule has 5 saturated heterocycles. The number of aromatic nitrogens is 2. The summed E-state index contributed by atoms with van der Waals surface area (Å²) in [6.07, 6.45) is 45.1. The number of allylic oxidation sites excluding steroid dienone is 10. The van der Waals surface area contributed by atoms with Crippen molar-refractivity contribution in [3.8, 4) is 17.1 Å². The topological polar surface area (TPSA) is 98.7 Å². The summed E-state index contributed by atoms with van der Waals surface area (Å²) < 4.78 is 26.4. The Balaban J connectivity index is 0.000000259. The van der Waals surface area contributed by atoms with Gasteiger partial charge in [0.25, 0.3) is 0 Å². The van der Waals surface area contributed by atoms with Crippen LogP contribution < -0.4 is 10.2 Å². The zero-order valence-corrected chi connectivity index (χ0v) is 79.1. The van der Waals surface area contributed by atoms with Crippen LogP contribution in [0.2, 0.25) is 6.82 Å². The van der Waals surface area contributed by atoms with Crippen LogP contribution in [0.25, 0.3) is 11.4 Å². The van der Waals surface area contributed by atoms with Gasteiger partial charge in [-0.3, -0.25) is 4.79 Å². The Morgan fingerprint density at radius 1 is 0.442 bits per heavy atom. The van der Waals surface area contributed by atoms with E-state index < -0.39 is 0 Å². The van der Waals surface area contributed by atoms with Gasteiger partial charge < -0.3 is 38.2 Å². The molecule has 6 saturated carbocycles. The van der Waals surface area contributed by atoms with Crippen molar-refractivity contribution in [2.75, 3.05) is 105 Å². The molecule has 1 aromatic rings. The second kappa shape index (κ2) is 53.9. The second-order valence-electron chi connectivity index (χ2n) is 38.8. The van der Waals surface area contributed by atoms with E-state index in [1.807, 2.05) is 45.8 Å². The van der Waals surface area contributed by atoms with Crippen LogP contribution in [-0.4, -0.2) is 148 Å². The van der Waals surface area contributed by atoms with Crippen LogP contribution in [-0.2, 0) is 18.8 Å². The van der Waals surface area contributed by atoms with Crippen molar-refractivity contribution in [1.82, 2.24) is 24.7 Å². The number of ether oxygens (including phenoxy) is 3. The van der Waals surface area contributed by atoms with E-state index in [-0.39, 0.29) is 18.8 Å². The molecule has 642 valence electrons. The molecule has 113 heavy (non-hydrogen) atoms. The van der Waals surface area contributed by atoms with Gasteiger partial charge in [-0.2, -0.15) is 0 Å². The van der Waals surface area contributed by atoms with Crippen molar-refractivity contribution < 1.29 is 23.5 Å². The van der Waals surface area contributed by atoms with E-state index in [9.17, 15) is 4.79 Å². The number of rotatable bonds is 1. The predicted octanol–water partition coefficient (Wildman–Crippen LogP) is 25.8. The number of hydrogen-bond donors (Lipinski definition) is 0. The fourth-order valence-corrected chi connectivity index (χ4v) is 17.7. The number of hydrogen-bond acceptors (Lipinski definition) is 13. The Bertz CT molecular complexity index is 2880. The van der Waals surface area contributed by atoms with Crippen LogP contribution >= 0.6 is 23.5 Å². The number of methoxy groups -OCH3 is 1. The molecule has 18 rings (SSSR count). The number of nitrogens with zero attached hydrogens (tertiary/aromatic N) is 5. The minimum Gasteiger partial charge on any atom is -0.493 e. The fraction of sp³-hybridized carbons (Fsp3) is 0.747. The highest BCUT2D eigenvalue weighted by Crippen LogP contribution is 2.56. The monoisotopic (exact) mass is 1600 g/mol. The van der Waals surface area contributed by atoms with Gasteiger partial charge in [-0.05, 0) is 318 Å². The molecule has 0 atom stereocenters. The molecule has 0 radical (unpaired) electrons. The van der Waals surface area contributed by atoms with Gasteiger partial charge >= 0.3 is 7.12 Å². The lowest BCUT2D eigenvalue weighted by atomic mass is 9.55. The van der Waals surface area contributed by atoms with Crippen LogP contribution in [0, 0.1) is 89.8 Å². The van der Waals surface area contributed by atoms with E-state index in [4.69, 9.17) is 23.5 Å². The van der Waals surface area contributed by atoms with Crippen molar-refractivity contribution in [1.29, 1.82) is 0 Å². The Morgan fingerprint density at radius 3 is 1.12 bits per heavy atom. The normalized spacial score (nSPS) is 30.4. The predicted molar refractivity (Wildman–Crippen MR) is 495 cm³/mol. The minimum absolute atomic E-state index is 0.0196. The van der Waals surface area contributed by atoms with Crippen LogP contribution in [0.3, 0.4) is 0 Å². The van der Waals surface area contributed by atoms with Gasteiger partial charge in [-0.1, -0.05) is 203 Å². The van der Waals surface area contributed by atoms with E-state index in [2.05, 4.69) is 243 Å². The Kier molecular flexibility index (Phi) is 48.5. The van der Waals surface area contributed by atoms with Crippen molar-refractivity contribution in [2.24, 2.45) is 69.0 Å². The molecule has 11 fully saturated rings. The molecule has 0 amide bonds. The first kappa shape index (κ1) is 102. The van der Waals surface area contributed by atoms with Gasteiger partial charge in [0, 0.05) is 49.9 Å². The van der Waals surface area contributed by atoms with Gasteiger partial charge in [-0.25, -0.2) is 9.97 Å². The van der Waals surface area contributed by atoms with E-state index >= 15 is 0 Å². The number of likely N-dealkylation sites (tertiary alicyclic amines) is 1. The number of thioether (sulfide) groups is 2. The number of aryl methyl sites for hydroxylation is 3. The van der Waals surface area contributed by atoms with Gasteiger partial charge in [-0.15, -0.1) is 23.5 Å². The SMILES string of the molecule is CB1OCC(C)CO1.CC12C=CC(C)(CC1)CC2.CC12CCC(C)(CC1)CC2.CC1=CC=C(C)CC1.CC1=CCC(C)=CC1.CC1CC(C)C1.CC1CCC(C)CC1.CC1CCN(C)CC1.CC1COC(C)OC1.CC1CSC(C)SC1.CN1CCN(C)CC1.COc1ccc(C)ccc1=O.Cc1ccc2nc(C)nc-2cc1. The number of likely N-dealkylation sites (N-methyl/N-ethyl adjacent to an activating group) is 2. The largest absolute Gasteiger partial charge is 0.493 e. The molecule has 6 aliphatic heterocycles. The average Bonchev–Trinajstić information content (AvgIpc) is 1.39. The highest BCUT2D eigenvalue weighted by Gasteiger charge is 2.43. The van der Waals surface area contributed by atoms with Gasteiger partial charge in [0.05, 0.1) is 31.7 Å². The van der Waals surface area contributed by atoms with E-state index in [0.717, 1.165) is 100 Å². The van der Waals surface area contributed by atoms with Crippen molar-refractivity contribution >= 4 is 30.6 Å². The van der Waals surface area contributed by atoms with E-state index in [1.54, 1.807) is 12.1 Å². The van der Waals surface area contributed by atoms with Crippen LogP contribution in [0.15, 0.2) is 112 Å². The third-order valence-electron chi connectivity index (χ3n) is 25.2. The maximum atomic E-state index is 11.1. The lowest BCUT2D eigenvalue weighted by Crippen LogP contribution is -2.42. The highest BCUT2D eigenvalue weighted by atomic mass is 32.2. The van der Waals surface area contributed by atoms with E-state index in [1.165, 1.54) is 233 Å². The van der Waals surface area contributed by atoms with Crippen molar-refractivity contribution in [2.45, 2.75) is 304 Å². The van der Waals surface area contributed by atoms with Crippen LogP contribution in [0.4, 0.5) is 0 Å². The first-order valence-electron chi connectivity index (χ1n) is 44.8. The number of piperazine rings is 1. The number of fused-ring (bicyclic) bond motifs is 6. The molecule has 11 nitrogen and oxygen atoms in total. The van der Waals surface area contributed by atoms with Gasteiger partial charge in [0.2, 0.25) is 5.43 Å². The quantitative estimate of drug-likeness (QED) is 0.171. The van der Waals surface area contributed by atoms with Crippen LogP contribution in [0.5, 0.6) is 5.75 Å². The molecular formula is C99H170BN5O6S2. The fourth-order valence-electron chi connectivity index (χ4n) is 15.2. The molecule has 4 bridgehead atoms. The lowest BCUT2D eigenvalue weighted by molar-refractivity contribution is -0.187. The highest BCUT2D eigenvalue weighted by molar-refractivity contribution is 8.17. The molecule has 17 aliphatic rings. The molecule has 6 heterocycles. The first-order valence-corrected chi connectivity index (χ1v) is 46.9. The summed E-state index contributed by atoms with van der Waals surface area (Å²) in [6.45, 7) is 59.7. The second-order valence-corrected chi connectivity index (χ2v) is 41.8. The number of piperidine rings is 1. The Labute approximate surface area is 704 Å². The summed E-state index contributed by atoms with van der Waals surface area (Å²) in [5, 5.41) is 0. The summed E-state index contributed by atoms with van der Waals surface area (Å²) in [5.41, 5.74) is 12.9. The third-order valence-corrected chi connectivity index (χ3v) is 28.4. The average molecular weight is 1600 g/mol. The third kappa shape index (κ3) is 45.4. The summed E-state index contributed by atoms with van der Waals surface area (Å²) in [5.74, 6) is 11.2. The Morgan fingerprint density at radius 2 is 0.805 bits per heavy atom. The maximum absolute atomic E-state index is 11.1. The maximum Gasteiger partial charge on any atom is 0.453 e. The standard InChI is InChI=1S/C10H10N2.C10H18.C10H16.C9H10O2.C8H16.2C8H12.C7H15N.C6H14N2.C6H12O2.C6H12S2.C6H12.C5H11BO2/c1-7-3-5-9-10(6-4-7)12-8(2)11-9;2*1-9-3-6-10(2,7-4-9)8-5-9;1-7-3-5-8(10)9(11-2)6-4-7;5*1-7-3-5-8(2)6-4-7;2*1-5-3-7-6(2)8-4-5;1-5-3-6(2)4-5;1-5-3-7-6(2)8-4-5/h3-6H,1-2H3;3-8H2,1-2H3;3,6H,4-5,7-8H2,1-2H3;3-6H,1-2H3;7-8H,3-6H2,1-2H3;3,6H,4-5H2,1-2H3;3,5H,4,6H2,1-2H3;7H,3-6H2,1-2H3;3-6H2,1-2H3;2*5-6H,3-4H2,1-2H3;5-6H,3-4H2,1-2H3;5H,3-4H2,1-2H3. The molecule has 11 aliphatic carbocycles. The molecule has 0 unspecified atom stereocenters. The summed E-state index contributed by atoms with van der Waals surface area (Å²) in [7, 11) is 8.06. The zero-order chi connectivity index (χ0) is 83.7. The first-order chi connectivity index (χ1) is 53.3. The van der Waals surface area contributed by atoms with Gasteiger partial charge in [0.15, 0.2) is 12.0 Å². The number of imidazole rings is 1. The molecule has 14 heteroatoms. The lowest BCUT2D eigenvalue weighted by Gasteiger charge is -2.50. The molecular weight excluding hydrogens is 1430 g/mol.